The van der Waals surface area contributed by atoms with E-state index < -0.39 is 0 Å². The van der Waals surface area contributed by atoms with Gasteiger partial charge in [0.1, 0.15) is 11.2 Å². The van der Waals surface area contributed by atoms with E-state index in [1.165, 1.54) is 5.56 Å². The number of rotatable bonds is 3. The Bertz CT molecular complexity index is 1280. The maximum atomic E-state index is 4.74. The minimum absolute atomic E-state index is 0.714. The van der Waals surface area contributed by atoms with Crippen molar-refractivity contribution in [2.24, 2.45) is 7.05 Å². The van der Waals surface area contributed by atoms with Gasteiger partial charge in [0, 0.05) is 29.9 Å². The number of aryl methyl sites for hydroxylation is 2. The Morgan fingerprint density at radius 2 is 1.96 bits per heavy atom. The molecule has 5 aromatic rings. The lowest BCUT2D eigenvalue weighted by Crippen LogP contribution is -1.94. The van der Waals surface area contributed by atoms with Gasteiger partial charge in [0.25, 0.3) is 0 Å². The van der Waals surface area contributed by atoms with Gasteiger partial charge < -0.3 is 5.32 Å². The molecule has 3 heterocycles. The van der Waals surface area contributed by atoms with Gasteiger partial charge in [-0.3, -0.25) is 14.8 Å². The lowest BCUT2D eigenvalue weighted by Gasteiger charge is -2.04. The summed E-state index contributed by atoms with van der Waals surface area (Å²) in [5.41, 5.74) is 7.08. The number of anilines is 2. The molecular weight excluding hydrogens is 336 g/mol. The number of hydrogen-bond donors (Lipinski definition) is 2. The third-order valence-corrected chi connectivity index (χ3v) is 4.73. The van der Waals surface area contributed by atoms with Gasteiger partial charge >= 0.3 is 0 Å². The van der Waals surface area contributed by atoms with Gasteiger partial charge in [-0.05, 0) is 43.3 Å². The molecule has 0 bridgehead atoms. The zero-order valence-corrected chi connectivity index (χ0v) is 15.1. The van der Waals surface area contributed by atoms with E-state index in [1.54, 1.807) is 6.20 Å². The highest BCUT2D eigenvalue weighted by Gasteiger charge is 2.13. The molecule has 2 aromatic carbocycles. The molecule has 0 aliphatic carbocycles. The highest BCUT2D eigenvalue weighted by Crippen LogP contribution is 2.31. The van der Waals surface area contributed by atoms with Crippen LogP contribution in [-0.4, -0.2) is 25.0 Å². The molecule has 6 nitrogen and oxygen atoms in total. The average Bonchev–Trinajstić information content (AvgIpc) is 3.23. The minimum Gasteiger partial charge on any atom is -0.337 e. The van der Waals surface area contributed by atoms with Crippen LogP contribution in [0.4, 0.5) is 11.5 Å². The van der Waals surface area contributed by atoms with Crippen molar-refractivity contribution in [2.45, 2.75) is 6.92 Å². The van der Waals surface area contributed by atoms with Crippen LogP contribution in [0.3, 0.4) is 0 Å². The van der Waals surface area contributed by atoms with Crippen LogP contribution in [0.5, 0.6) is 0 Å². The number of hydrogen-bond acceptors (Lipinski definition) is 4. The van der Waals surface area contributed by atoms with Crippen molar-refractivity contribution in [2.75, 3.05) is 5.32 Å². The number of pyridine rings is 1. The van der Waals surface area contributed by atoms with Gasteiger partial charge in [0.2, 0.25) is 0 Å². The molecule has 0 aliphatic rings. The second kappa shape index (κ2) is 5.95. The summed E-state index contributed by atoms with van der Waals surface area (Å²) < 4.78 is 1.92. The molecular formula is C21H18N6. The minimum atomic E-state index is 0.714. The molecule has 0 saturated heterocycles. The van der Waals surface area contributed by atoms with E-state index in [4.69, 9.17) is 5.10 Å². The van der Waals surface area contributed by atoms with E-state index in [1.807, 2.05) is 29.9 Å². The van der Waals surface area contributed by atoms with Crippen LogP contribution in [-0.2, 0) is 7.05 Å². The first kappa shape index (κ1) is 15.6. The SMILES string of the molecule is Cc1cccc(-c2nn(C)c3cc(Nc4n[nH]c5cccnc45)ccc23)c1. The van der Waals surface area contributed by atoms with Gasteiger partial charge in [0.05, 0.1) is 11.0 Å². The smallest absolute Gasteiger partial charge is 0.178 e. The fourth-order valence-electron chi connectivity index (χ4n) is 3.42. The summed E-state index contributed by atoms with van der Waals surface area (Å²) in [6.45, 7) is 2.10. The van der Waals surface area contributed by atoms with Crippen LogP contribution in [0.15, 0.2) is 60.8 Å². The maximum Gasteiger partial charge on any atom is 0.178 e. The summed E-state index contributed by atoms with van der Waals surface area (Å²) in [6.07, 6.45) is 1.77. The molecule has 6 heteroatoms. The molecule has 5 rings (SSSR count). The molecule has 2 N–H and O–H groups in total. The number of fused-ring (bicyclic) bond motifs is 2. The Morgan fingerprint density at radius 1 is 1.04 bits per heavy atom. The summed E-state index contributed by atoms with van der Waals surface area (Å²) in [5, 5.41) is 16.6. The summed E-state index contributed by atoms with van der Waals surface area (Å²) in [5.74, 6) is 0.714. The zero-order chi connectivity index (χ0) is 18.4. The molecule has 0 spiro atoms. The van der Waals surface area contributed by atoms with Crippen molar-refractivity contribution in [1.29, 1.82) is 0 Å². The number of aromatic nitrogens is 5. The van der Waals surface area contributed by atoms with E-state index in [9.17, 15) is 0 Å². The van der Waals surface area contributed by atoms with Gasteiger partial charge in [0.15, 0.2) is 5.82 Å². The molecule has 0 amide bonds. The van der Waals surface area contributed by atoms with Crippen LogP contribution in [0.25, 0.3) is 33.2 Å². The summed E-state index contributed by atoms with van der Waals surface area (Å²) >= 11 is 0. The molecule has 0 aliphatic heterocycles. The lowest BCUT2D eigenvalue weighted by molar-refractivity contribution is 0.800. The van der Waals surface area contributed by atoms with Crippen LogP contribution in [0.1, 0.15) is 5.56 Å². The van der Waals surface area contributed by atoms with E-state index in [0.717, 1.165) is 38.9 Å². The summed E-state index contributed by atoms with van der Waals surface area (Å²) in [7, 11) is 1.97. The van der Waals surface area contributed by atoms with E-state index in [-0.39, 0.29) is 0 Å². The first-order valence-corrected chi connectivity index (χ1v) is 8.79. The van der Waals surface area contributed by atoms with Crippen molar-refractivity contribution in [3.05, 3.63) is 66.4 Å². The normalized spacial score (nSPS) is 11.3. The molecule has 0 saturated carbocycles. The number of benzene rings is 2. The van der Waals surface area contributed by atoms with E-state index >= 15 is 0 Å². The van der Waals surface area contributed by atoms with Gasteiger partial charge in [-0.25, -0.2) is 0 Å². The first-order chi connectivity index (χ1) is 13.2. The van der Waals surface area contributed by atoms with Crippen molar-refractivity contribution < 1.29 is 0 Å². The molecule has 0 atom stereocenters. The average molecular weight is 354 g/mol. The van der Waals surface area contributed by atoms with E-state index in [0.29, 0.717) is 5.82 Å². The second-order valence-electron chi connectivity index (χ2n) is 6.67. The number of aromatic amines is 1. The molecule has 0 fully saturated rings. The molecule has 0 unspecified atom stereocenters. The summed E-state index contributed by atoms with van der Waals surface area (Å²) in [6, 6.07) is 18.5. The van der Waals surface area contributed by atoms with Crippen molar-refractivity contribution in [1.82, 2.24) is 25.0 Å². The van der Waals surface area contributed by atoms with Gasteiger partial charge in [-0.2, -0.15) is 10.2 Å². The Labute approximate surface area is 155 Å². The predicted octanol–water partition coefficient (Wildman–Crippen LogP) is 4.56. The molecule has 27 heavy (non-hydrogen) atoms. The van der Waals surface area contributed by atoms with Crippen molar-refractivity contribution in [3.8, 4) is 11.3 Å². The Balaban J connectivity index is 1.57. The summed E-state index contributed by atoms with van der Waals surface area (Å²) in [4.78, 5) is 4.40. The zero-order valence-electron chi connectivity index (χ0n) is 15.1. The Morgan fingerprint density at radius 3 is 2.85 bits per heavy atom. The number of nitrogens with one attached hydrogen (secondary N) is 2. The van der Waals surface area contributed by atoms with Crippen molar-refractivity contribution >= 4 is 33.4 Å². The van der Waals surface area contributed by atoms with Crippen molar-refractivity contribution in [3.63, 3.8) is 0 Å². The Kier molecular flexibility index (Phi) is 3.43. The molecule has 132 valence electrons. The standard InChI is InChI=1S/C21H18N6/c1-13-5-3-6-14(11-13)19-16-9-8-15(12-18(16)27(2)26-19)23-21-20-17(24-25-21)7-4-10-22-20/h3-12H,1-2H3,(H2,23,24,25). The second-order valence-corrected chi connectivity index (χ2v) is 6.67. The van der Waals surface area contributed by atoms with Gasteiger partial charge in [-0.1, -0.05) is 23.8 Å². The number of nitrogens with zero attached hydrogens (tertiary/aromatic N) is 4. The quantitative estimate of drug-likeness (QED) is 0.498. The lowest BCUT2D eigenvalue weighted by atomic mass is 10.1. The van der Waals surface area contributed by atoms with Gasteiger partial charge in [-0.15, -0.1) is 0 Å². The Hall–Kier alpha value is -3.67. The fraction of sp³-hybridized carbons (Fsp3) is 0.0952. The van der Waals surface area contributed by atoms with E-state index in [2.05, 4.69) is 63.8 Å². The topological polar surface area (TPSA) is 71.4 Å². The van der Waals surface area contributed by atoms with Crippen LogP contribution in [0.2, 0.25) is 0 Å². The maximum absolute atomic E-state index is 4.74. The molecule has 3 aromatic heterocycles. The third kappa shape index (κ3) is 2.62. The monoisotopic (exact) mass is 354 g/mol. The van der Waals surface area contributed by atoms with Crippen LogP contribution < -0.4 is 5.32 Å². The van der Waals surface area contributed by atoms with Crippen LogP contribution in [0, 0.1) is 6.92 Å². The highest BCUT2D eigenvalue weighted by atomic mass is 15.3. The first-order valence-electron chi connectivity index (χ1n) is 8.79. The molecule has 0 radical (unpaired) electrons. The number of H-pyrrole nitrogens is 1. The van der Waals surface area contributed by atoms with Crippen LogP contribution >= 0.6 is 0 Å². The fourth-order valence-corrected chi connectivity index (χ4v) is 3.42. The highest BCUT2D eigenvalue weighted by molar-refractivity contribution is 5.96. The largest absolute Gasteiger partial charge is 0.337 e. The third-order valence-electron chi connectivity index (χ3n) is 4.73. The predicted molar refractivity (Wildman–Crippen MR) is 108 cm³/mol.